The number of aryl methyl sites for hydroxylation is 1. The predicted octanol–water partition coefficient (Wildman–Crippen LogP) is 2.89. The second kappa shape index (κ2) is 8.18. The molecule has 2 aromatic rings. The van der Waals surface area contributed by atoms with E-state index in [1.807, 2.05) is 31.2 Å². The molecule has 1 fully saturated rings. The monoisotopic (exact) mass is 375 g/mol. The molecule has 2 aliphatic heterocycles. The molecular formula is C19H26ClN5O. The highest BCUT2D eigenvalue weighted by Crippen LogP contribution is 2.24. The molecule has 140 valence electrons. The minimum atomic E-state index is 0. The number of nitrogens with zero attached hydrogens (tertiary/aromatic N) is 3. The van der Waals surface area contributed by atoms with Gasteiger partial charge in [-0.1, -0.05) is 13.3 Å². The van der Waals surface area contributed by atoms with Gasteiger partial charge in [-0.05, 0) is 56.1 Å². The third kappa shape index (κ3) is 3.76. The molecule has 1 aromatic heterocycles. The van der Waals surface area contributed by atoms with Gasteiger partial charge in [-0.2, -0.15) is 0 Å². The third-order valence-corrected chi connectivity index (χ3v) is 5.45. The second-order valence-electron chi connectivity index (χ2n) is 7.18. The third-order valence-electron chi connectivity index (χ3n) is 5.45. The number of carbonyl (C=O) groups is 1. The van der Waals surface area contributed by atoms with Crippen molar-refractivity contribution in [3.05, 3.63) is 30.1 Å². The molecule has 3 heterocycles. The zero-order valence-electron chi connectivity index (χ0n) is 15.1. The highest BCUT2D eigenvalue weighted by molar-refractivity contribution is 5.92. The van der Waals surface area contributed by atoms with Crippen molar-refractivity contribution in [2.45, 2.75) is 39.2 Å². The molecular weight excluding hydrogens is 350 g/mol. The molecule has 1 amide bonds. The molecule has 0 bridgehead atoms. The number of fused-ring (bicyclic) bond motifs is 1. The first-order valence-corrected chi connectivity index (χ1v) is 9.26. The summed E-state index contributed by atoms with van der Waals surface area (Å²) in [5.74, 6) is 2.60. The van der Waals surface area contributed by atoms with Crippen LogP contribution in [0.4, 0.5) is 5.69 Å². The summed E-state index contributed by atoms with van der Waals surface area (Å²) < 4.78 is 2.24. The lowest BCUT2D eigenvalue weighted by Crippen LogP contribution is -2.48. The lowest BCUT2D eigenvalue weighted by Gasteiger charge is -2.31. The van der Waals surface area contributed by atoms with Gasteiger partial charge in [-0.15, -0.1) is 22.6 Å². The van der Waals surface area contributed by atoms with E-state index in [4.69, 9.17) is 0 Å². The Morgan fingerprint density at radius 1 is 1.19 bits per heavy atom. The molecule has 0 saturated carbocycles. The Labute approximate surface area is 160 Å². The number of anilines is 1. The number of hydrogen-bond donors (Lipinski definition) is 2. The summed E-state index contributed by atoms with van der Waals surface area (Å²) >= 11 is 0. The lowest BCUT2D eigenvalue weighted by atomic mass is 9.88. The number of amides is 1. The quantitative estimate of drug-likeness (QED) is 0.861. The van der Waals surface area contributed by atoms with Crippen LogP contribution in [0.5, 0.6) is 0 Å². The molecule has 4 rings (SSSR count). The SMILES string of the molecule is CC(C(=O)Nc1ccc(-c2nnc3n2CCCCC3)cc1)C1CNC1.Cl. The smallest absolute Gasteiger partial charge is 0.227 e. The first-order chi connectivity index (χ1) is 12.2. The van der Waals surface area contributed by atoms with Gasteiger partial charge < -0.3 is 15.2 Å². The molecule has 6 nitrogen and oxygen atoms in total. The molecule has 1 atom stereocenters. The first kappa shape index (κ1) is 18.9. The summed E-state index contributed by atoms with van der Waals surface area (Å²) in [5.41, 5.74) is 1.89. The van der Waals surface area contributed by atoms with Crippen LogP contribution < -0.4 is 10.6 Å². The summed E-state index contributed by atoms with van der Waals surface area (Å²) in [5, 5.41) is 15.0. The molecule has 0 radical (unpaired) electrons. The van der Waals surface area contributed by atoms with Crippen LogP contribution in [0.25, 0.3) is 11.4 Å². The Bertz CT molecular complexity index is 754. The van der Waals surface area contributed by atoms with Crippen LogP contribution in [0.1, 0.15) is 32.0 Å². The minimum absolute atomic E-state index is 0. The van der Waals surface area contributed by atoms with Crippen molar-refractivity contribution < 1.29 is 4.79 Å². The molecule has 1 aromatic carbocycles. The van der Waals surface area contributed by atoms with E-state index in [2.05, 4.69) is 25.4 Å². The Kier molecular flexibility index (Phi) is 5.94. The Balaban J connectivity index is 0.00000196. The van der Waals surface area contributed by atoms with E-state index in [0.29, 0.717) is 5.92 Å². The summed E-state index contributed by atoms with van der Waals surface area (Å²) in [6, 6.07) is 7.95. The van der Waals surface area contributed by atoms with Crippen molar-refractivity contribution in [3.8, 4) is 11.4 Å². The van der Waals surface area contributed by atoms with E-state index in [1.54, 1.807) is 0 Å². The summed E-state index contributed by atoms with van der Waals surface area (Å²) in [6.45, 7) is 4.86. The number of aromatic nitrogens is 3. The zero-order valence-corrected chi connectivity index (χ0v) is 15.9. The normalized spacial score (nSPS) is 18.0. The minimum Gasteiger partial charge on any atom is -0.326 e. The lowest BCUT2D eigenvalue weighted by molar-refractivity contribution is -0.121. The van der Waals surface area contributed by atoms with Gasteiger partial charge in [-0.25, -0.2) is 0 Å². The van der Waals surface area contributed by atoms with Gasteiger partial charge >= 0.3 is 0 Å². The number of benzene rings is 1. The molecule has 2 aliphatic rings. The van der Waals surface area contributed by atoms with Gasteiger partial charge in [0.05, 0.1) is 0 Å². The molecule has 26 heavy (non-hydrogen) atoms. The van der Waals surface area contributed by atoms with Crippen LogP contribution in [0.2, 0.25) is 0 Å². The molecule has 0 spiro atoms. The van der Waals surface area contributed by atoms with Crippen molar-refractivity contribution >= 4 is 24.0 Å². The average molecular weight is 376 g/mol. The van der Waals surface area contributed by atoms with Gasteiger partial charge in [0.1, 0.15) is 5.82 Å². The topological polar surface area (TPSA) is 71.8 Å². The number of nitrogens with one attached hydrogen (secondary N) is 2. The van der Waals surface area contributed by atoms with Crippen LogP contribution >= 0.6 is 12.4 Å². The van der Waals surface area contributed by atoms with Crippen LogP contribution in [-0.2, 0) is 17.8 Å². The fraction of sp³-hybridized carbons (Fsp3) is 0.526. The van der Waals surface area contributed by atoms with Gasteiger partial charge in [-0.3, -0.25) is 4.79 Å². The van der Waals surface area contributed by atoms with Crippen molar-refractivity contribution in [3.63, 3.8) is 0 Å². The van der Waals surface area contributed by atoms with E-state index in [1.165, 1.54) is 19.3 Å². The van der Waals surface area contributed by atoms with Crippen LogP contribution in [0.15, 0.2) is 24.3 Å². The Morgan fingerprint density at radius 2 is 1.96 bits per heavy atom. The van der Waals surface area contributed by atoms with E-state index < -0.39 is 0 Å². The van der Waals surface area contributed by atoms with E-state index in [9.17, 15) is 4.79 Å². The maximum absolute atomic E-state index is 12.3. The van der Waals surface area contributed by atoms with Gasteiger partial charge in [0.15, 0.2) is 5.82 Å². The summed E-state index contributed by atoms with van der Waals surface area (Å²) in [6.07, 6.45) is 4.63. The fourth-order valence-corrected chi connectivity index (χ4v) is 3.54. The summed E-state index contributed by atoms with van der Waals surface area (Å²) in [7, 11) is 0. The molecule has 2 N–H and O–H groups in total. The van der Waals surface area contributed by atoms with Gasteiger partial charge in [0.2, 0.25) is 5.91 Å². The van der Waals surface area contributed by atoms with Crippen LogP contribution in [0.3, 0.4) is 0 Å². The van der Waals surface area contributed by atoms with Crippen molar-refractivity contribution in [1.82, 2.24) is 20.1 Å². The second-order valence-corrected chi connectivity index (χ2v) is 7.18. The van der Waals surface area contributed by atoms with Gasteiger partial charge in [0, 0.05) is 30.1 Å². The molecule has 0 aliphatic carbocycles. The molecule has 1 saturated heterocycles. The largest absolute Gasteiger partial charge is 0.326 e. The number of hydrogen-bond acceptors (Lipinski definition) is 4. The summed E-state index contributed by atoms with van der Waals surface area (Å²) in [4.78, 5) is 12.3. The maximum Gasteiger partial charge on any atom is 0.227 e. The predicted molar refractivity (Wildman–Crippen MR) is 104 cm³/mol. The number of rotatable bonds is 4. The van der Waals surface area contributed by atoms with Crippen molar-refractivity contribution in [2.24, 2.45) is 11.8 Å². The average Bonchev–Trinajstić information content (AvgIpc) is 2.82. The number of halogens is 1. The Hall–Kier alpha value is -1.92. The maximum atomic E-state index is 12.3. The highest BCUT2D eigenvalue weighted by atomic mass is 35.5. The van der Waals surface area contributed by atoms with E-state index in [0.717, 1.165) is 49.0 Å². The number of carbonyl (C=O) groups excluding carboxylic acids is 1. The van der Waals surface area contributed by atoms with Crippen LogP contribution in [0, 0.1) is 11.8 Å². The zero-order chi connectivity index (χ0) is 17.2. The fourth-order valence-electron chi connectivity index (χ4n) is 3.54. The van der Waals surface area contributed by atoms with Crippen molar-refractivity contribution in [2.75, 3.05) is 18.4 Å². The first-order valence-electron chi connectivity index (χ1n) is 9.26. The van der Waals surface area contributed by atoms with E-state index >= 15 is 0 Å². The van der Waals surface area contributed by atoms with Crippen LogP contribution in [-0.4, -0.2) is 33.8 Å². The Morgan fingerprint density at radius 3 is 2.65 bits per heavy atom. The molecule has 7 heteroatoms. The standard InChI is InChI=1S/C19H25N5O.ClH/c1-13(15-11-20-12-15)19(25)21-16-8-6-14(7-9-16)18-23-22-17-5-3-2-4-10-24(17)18;/h6-9,13,15,20H,2-5,10-12H2,1H3,(H,21,25);1H. The van der Waals surface area contributed by atoms with Crippen molar-refractivity contribution in [1.29, 1.82) is 0 Å². The highest BCUT2D eigenvalue weighted by Gasteiger charge is 2.28. The molecule has 1 unspecified atom stereocenters. The van der Waals surface area contributed by atoms with Gasteiger partial charge in [0.25, 0.3) is 0 Å². The van der Waals surface area contributed by atoms with E-state index in [-0.39, 0.29) is 24.2 Å².